The van der Waals surface area contributed by atoms with Crippen LogP contribution in [0.4, 0.5) is 5.69 Å². The first kappa shape index (κ1) is 10.2. The number of non-ortho nitro benzene ring substituents is 1. The van der Waals surface area contributed by atoms with Gasteiger partial charge in [0.1, 0.15) is 0 Å². The number of hydrogen-bond acceptors (Lipinski definition) is 3. The first-order valence-corrected chi connectivity index (χ1v) is 4.73. The number of nitro groups is 1. The molecule has 0 N–H and O–H groups in total. The summed E-state index contributed by atoms with van der Waals surface area (Å²) in [6, 6.07) is 6.74. The highest BCUT2D eigenvalue weighted by molar-refractivity contribution is 5.86. The maximum atomic E-state index is 10.7. The van der Waals surface area contributed by atoms with Gasteiger partial charge < -0.3 is 4.57 Å². The van der Waals surface area contributed by atoms with Crippen molar-refractivity contribution in [3.63, 3.8) is 0 Å². The molecule has 2 aromatic rings. The Morgan fingerprint density at radius 1 is 1.56 bits per heavy atom. The quantitative estimate of drug-likeness (QED) is 0.569. The number of nitriles is 1. The van der Waals surface area contributed by atoms with E-state index in [0.29, 0.717) is 0 Å². The number of benzene rings is 1. The Balaban J connectivity index is 2.70. The first-order valence-electron chi connectivity index (χ1n) is 4.73. The highest BCUT2D eigenvalue weighted by atomic mass is 16.6. The highest BCUT2D eigenvalue weighted by Gasteiger charge is 2.11. The molecule has 0 bridgehead atoms. The first-order chi connectivity index (χ1) is 7.63. The summed E-state index contributed by atoms with van der Waals surface area (Å²) in [5.41, 5.74) is 1.78. The number of aromatic nitrogens is 1. The van der Waals surface area contributed by atoms with Crippen LogP contribution in [0, 0.1) is 21.4 Å². The van der Waals surface area contributed by atoms with E-state index in [0.717, 1.165) is 16.5 Å². The van der Waals surface area contributed by atoms with Crippen molar-refractivity contribution in [2.75, 3.05) is 0 Å². The average molecular weight is 215 g/mol. The van der Waals surface area contributed by atoms with Crippen LogP contribution < -0.4 is 0 Å². The Morgan fingerprint density at radius 2 is 2.31 bits per heavy atom. The lowest BCUT2D eigenvalue weighted by Gasteiger charge is -1.95. The van der Waals surface area contributed by atoms with Crippen molar-refractivity contribution in [1.29, 1.82) is 5.26 Å². The fraction of sp³-hybridized carbons (Fsp3) is 0.182. The summed E-state index contributed by atoms with van der Waals surface area (Å²) in [5, 5.41) is 20.1. The molecule has 0 aliphatic heterocycles. The van der Waals surface area contributed by atoms with Crippen LogP contribution in [0.15, 0.2) is 24.4 Å². The van der Waals surface area contributed by atoms with Crippen molar-refractivity contribution < 1.29 is 4.92 Å². The standard InChI is InChI=1S/C11H9N3O2/c1-13-7-8(4-5-12)10-6-9(14(15)16)2-3-11(10)13/h2-3,6-7H,4H2,1H3. The van der Waals surface area contributed by atoms with E-state index in [4.69, 9.17) is 5.26 Å². The Kier molecular flexibility index (Phi) is 2.33. The summed E-state index contributed by atoms with van der Waals surface area (Å²) in [5.74, 6) is 0. The molecule has 1 aromatic heterocycles. The van der Waals surface area contributed by atoms with Gasteiger partial charge in [-0.25, -0.2) is 0 Å². The van der Waals surface area contributed by atoms with Crippen LogP contribution in [0.3, 0.4) is 0 Å². The van der Waals surface area contributed by atoms with Crippen LogP contribution >= 0.6 is 0 Å². The molecule has 0 fully saturated rings. The van der Waals surface area contributed by atoms with Gasteiger partial charge in [0.25, 0.3) is 5.69 Å². The second kappa shape index (κ2) is 3.66. The second-order valence-corrected chi connectivity index (χ2v) is 3.56. The number of rotatable bonds is 2. The van der Waals surface area contributed by atoms with E-state index in [1.807, 2.05) is 17.8 Å². The van der Waals surface area contributed by atoms with Crippen molar-refractivity contribution in [1.82, 2.24) is 4.57 Å². The minimum atomic E-state index is -0.428. The van der Waals surface area contributed by atoms with Gasteiger partial charge in [0.2, 0.25) is 0 Å². The van der Waals surface area contributed by atoms with Crippen LogP contribution in [-0.4, -0.2) is 9.49 Å². The van der Waals surface area contributed by atoms with E-state index < -0.39 is 4.92 Å². The molecule has 80 valence electrons. The highest BCUT2D eigenvalue weighted by Crippen LogP contribution is 2.25. The van der Waals surface area contributed by atoms with Gasteiger partial charge in [-0.05, 0) is 11.6 Å². The lowest BCUT2D eigenvalue weighted by atomic mass is 10.1. The molecule has 0 aliphatic rings. The molecule has 1 heterocycles. The molecule has 0 amide bonds. The predicted octanol–water partition coefficient (Wildman–Crippen LogP) is 2.15. The van der Waals surface area contributed by atoms with Crippen molar-refractivity contribution in [2.45, 2.75) is 6.42 Å². The van der Waals surface area contributed by atoms with Gasteiger partial charge in [-0.2, -0.15) is 5.26 Å². The molecule has 16 heavy (non-hydrogen) atoms. The van der Waals surface area contributed by atoms with Gasteiger partial charge in [0, 0.05) is 36.3 Å². The third kappa shape index (κ3) is 1.50. The molecular weight excluding hydrogens is 206 g/mol. The SMILES string of the molecule is Cn1cc(CC#N)c2cc([N+](=O)[O-])ccc21. The molecule has 5 heteroatoms. The summed E-state index contributed by atoms with van der Waals surface area (Å²) in [6.07, 6.45) is 2.09. The van der Waals surface area contributed by atoms with Gasteiger partial charge in [-0.15, -0.1) is 0 Å². The number of hydrogen-bond donors (Lipinski definition) is 0. The average Bonchev–Trinajstić information content (AvgIpc) is 2.56. The zero-order chi connectivity index (χ0) is 11.7. The van der Waals surface area contributed by atoms with Crippen LogP contribution in [0.25, 0.3) is 10.9 Å². The molecule has 0 spiro atoms. The molecule has 5 nitrogen and oxygen atoms in total. The number of nitrogens with zero attached hydrogens (tertiary/aromatic N) is 3. The predicted molar refractivity (Wildman–Crippen MR) is 58.9 cm³/mol. The van der Waals surface area contributed by atoms with Crippen molar-refractivity contribution in [3.05, 3.63) is 40.1 Å². The third-order valence-electron chi connectivity index (χ3n) is 2.54. The summed E-state index contributed by atoms with van der Waals surface area (Å²) in [4.78, 5) is 10.2. The minimum Gasteiger partial charge on any atom is -0.350 e. The maximum Gasteiger partial charge on any atom is 0.270 e. The lowest BCUT2D eigenvalue weighted by molar-refractivity contribution is -0.384. The van der Waals surface area contributed by atoms with Crippen molar-refractivity contribution >= 4 is 16.6 Å². The van der Waals surface area contributed by atoms with Crippen molar-refractivity contribution in [3.8, 4) is 6.07 Å². The zero-order valence-electron chi connectivity index (χ0n) is 8.67. The van der Waals surface area contributed by atoms with Crippen LogP contribution in [0.1, 0.15) is 5.56 Å². The lowest BCUT2D eigenvalue weighted by Crippen LogP contribution is -1.88. The molecule has 0 atom stereocenters. The van der Waals surface area contributed by atoms with Crippen LogP contribution in [0.5, 0.6) is 0 Å². The Labute approximate surface area is 91.7 Å². The largest absolute Gasteiger partial charge is 0.350 e. The fourth-order valence-electron chi connectivity index (χ4n) is 1.80. The monoisotopic (exact) mass is 215 g/mol. The minimum absolute atomic E-state index is 0.0536. The topological polar surface area (TPSA) is 71.9 Å². The second-order valence-electron chi connectivity index (χ2n) is 3.56. The van der Waals surface area contributed by atoms with E-state index in [2.05, 4.69) is 6.07 Å². The molecule has 0 saturated heterocycles. The molecular formula is C11H9N3O2. The Hall–Kier alpha value is -2.35. The zero-order valence-corrected chi connectivity index (χ0v) is 8.67. The Morgan fingerprint density at radius 3 is 2.94 bits per heavy atom. The number of nitro benzene ring substituents is 1. The molecule has 0 saturated carbocycles. The van der Waals surface area contributed by atoms with Gasteiger partial charge >= 0.3 is 0 Å². The molecule has 0 unspecified atom stereocenters. The summed E-state index contributed by atoms with van der Waals surface area (Å²) < 4.78 is 1.87. The van der Waals surface area contributed by atoms with E-state index >= 15 is 0 Å². The van der Waals surface area contributed by atoms with Crippen LogP contribution in [0.2, 0.25) is 0 Å². The van der Waals surface area contributed by atoms with E-state index in [9.17, 15) is 10.1 Å². The Bertz CT molecular complexity index is 607. The number of aryl methyl sites for hydroxylation is 1. The third-order valence-corrected chi connectivity index (χ3v) is 2.54. The van der Waals surface area contributed by atoms with Gasteiger partial charge in [-0.1, -0.05) is 0 Å². The van der Waals surface area contributed by atoms with E-state index in [-0.39, 0.29) is 12.1 Å². The van der Waals surface area contributed by atoms with Gasteiger partial charge in [0.15, 0.2) is 0 Å². The van der Waals surface area contributed by atoms with Gasteiger partial charge in [-0.3, -0.25) is 10.1 Å². The smallest absolute Gasteiger partial charge is 0.270 e. The fourth-order valence-corrected chi connectivity index (χ4v) is 1.80. The van der Waals surface area contributed by atoms with Crippen LogP contribution in [-0.2, 0) is 13.5 Å². The summed E-state index contributed by atoms with van der Waals surface area (Å²) in [7, 11) is 1.86. The summed E-state index contributed by atoms with van der Waals surface area (Å²) in [6.45, 7) is 0. The molecule has 0 aliphatic carbocycles. The van der Waals surface area contributed by atoms with Gasteiger partial charge in [0.05, 0.1) is 17.4 Å². The molecule has 0 radical (unpaired) electrons. The normalized spacial score (nSPS) is 10.2. The summed E-state index contributed by atoms with van der Waals surface area (Å²) >= 11 is 0. The van der Waals surface area contributed by atoms with Crippen molar-refractivity contribution in [2.24, 2.45) is 7.05 Å². The van der Waals surface area contributed by atoms with E-state index in [1.165, 1.54) is 12.1 Å². The molecule has 1 aromatic carbocycles. The number of fused-ring (bicyclic) bond motifs is 1. The molecule has 2 rings (SSSR count). The maximum absolute atomic E-state index is 10.7. The van der Waals surface area contributed by atoms with E-state index in [1.54, 1.807) is 6.07 Å².